The number of likely N-dealkylation sites (tertiary alicyclic amines) is 2. The molecule has 2 aromatic carbocycles. The molecule has 5 heteroatoms. The molecule has 0 aliphatic carbocycles. The number of benzene rings is 2. The molecule has 39 heavy (non-hydrogen) atoms. The van der Waals surface area contributed by atoms with E-state index in [-0.39, 0.29) is 0 Å². The van der Waals surface area contributed by atoms with Crippen molar-refractivity contribution in [2.75, 3.05) is 39.4 Å². The lowest BCUT2D eigenvalue weighted by Crippen LogP contribution is -2.44. The summed E-state index contributed by atoms with van der Waals surface area (Å²) in [5.41, 5.74) is 2.83. The van der Waals surface area contributed by atoms with Crippen LogP contribution in [0.1, 0.15) is 101 Å². The molecule has 2 saturated heterocycles. The summed E-state index contributed by atoms with van der Waals surface area (Å²) in [7, 11) is 0. The Morgan fingerprint density at radius 3 is 1.28 bits per heavy atom. The fraction of sp³-hybridized carbons (Fsp3) is 0.647. The molecule has 0 saturated carbocycles. The van der Waals surface area contributed by atoms with E-state index in [1.807, 2.05) is 0 Å². The van der Waals surface area contributed by atoms with Crippen molar-refractivity contribution in [1.82, 2.24) is 9.80 Å². The minimum atomic E-state index is 0.513. The van der Waals surface area contributed by atoms with Gasteiger partial charge in [-0.25, -0.2) is 0 Å². The van der Waals surface area contributed by atoms with Crippen LogP contribution in [0.25, 0.3) is 0 Å². The molecule has 2 aromatic rings. The standard InChI is InChI=1S/C34H50Cl2N2O/c1-3-31(27-11-15-29(35)16-12-27)33(37-21-7-5-8-22-37)19-25-39-26-20-34(38-23-9-6-10-24-38)32(4-2)28-13-17-30(36)18-14-28/h11-18,31-34H,3-10,19-26H2,1-2H3. The molecule has 4 atom stereocenters. The van der Waals surface area contributed by atoms with Crippen LogP contribution < -0.4 is 0 Å². The average Bonchev–Trinajstić information content (AvgIpc) is 2.98. The van der Waals surface area contributed by atoms with Gasteiger partial charge in [0.2, 0.25) is 0 Å². The van der Waals surface area contributed by atoms with Crippen molar-refractivity contribution < 1.29 is 4.74 Å². The zero-order valence-corrected chi connectivity index (χ0v) is 25.8. The number of ether oxygens (including phenoxy) is 1. The van der Waals surface area contributed by atoms with Crippen LogP contribution in [0, 0.1) is 0 Å². The van der Waals surface area contributed by atoms with Crippen LogP contribution in [0.5, 0.6) is 0 Å². The Kier molecular flexibility index (Phi) is 12.9. The summed E-state index contributed by atoms with van der Waals surface area (Å²) in [4.78, 5) is 5.50. The van der Waals surface area contributed by atoms with Crippen LogP contribution in [0.4, 0.5) is 0 Å². The van der Waals surface area contributed by atoms with Crippen LogP contribution in [0.2, 0.25) is 10.0 Å². The summed E-state index contributed by atoms with van der Waals surface area (Å²) in [5, 5.41) is 1.64. The molecule has 4 rings (SSSR count). The van der Waals surface area contributed by atoms with Crippen molar-refractivity contribution >= 4 is 23.2 Å². The fourth-order valence-electron chi connectivity index (χ4n) is 7.17. The number of piperidine rings is 2. The lowest BCUT2D eigenvalue weighted by molar-refractivity contribution is 0.0548. The van der Waals surface area contributed by atoms with Gasteiger partial charge in [-0.2, -0.15) is 0 Å². The lowest BCUT2D eigenvalue weighted by Gasteiger charge is -2.40. The van der Waals surface area contributed by atoms with Gasteiger partial charge in [0.1, 0.15) is 0 Å². The highest BCUT2D eigenvalue weighted by Gasteiger charge is 2.30. The summed E-state index contributed by atoms with van der Waals surface area (Å²) in [6.45, 7) is 11.2. The maximum Gasteiger partial charge on any atom is 0.0481 e. The molecule has 4 unspecified atom stereocenters. The highest BCUT2D eigenvalue weighted by atomic mass is 35.5. The molecule has 2 aliphatic rings. The lowest BCUT2D eigenvalue weighted by atomic mass is 9.85. The van der Waals surface area contributed by atoms with Gasteiger partial charge < -0.3 is 4.74 Å². The number of halogens is 2. The molecule has 0 bridgehead atoms. The summed E-state index contributed by atoms with van der Waals surface area (Å²) < 4.78 is 6.48. The normalized spacial score (nSPS) is 20.4. The summed E-state index contributed by atoms with van der Waals surface area (Å²) in [6, 6.07) is 18.2. The van der Waals surface area contributed by atoms with Gasteiger partial charge >= 0.3 is 0 Å². The summed E-state index contributed by atoms with van der Waals surface area (Å²) in [6.07, 6.45) is 12.4. The molecular formula is C34H50Cl2N2O. The van der Waals surface area contributed by atoms with Gasteiger partial charge in [-0.3, -0.25) is 9.80 Å². The Morgan fingerprint density at radius 2 is 0.949 bits per heavy atom. The van der Waals surface area contributed by atoms with Gasteiger partial charge in [0.25, 0.3) is 0 Å². The third-order valence-corrected chi connectivity index (χ3v) is 9.74. The molecule has 216 valence electrons. The Balaban J connectivity index is 1.38. The first-order valence-electron chi connectivity index (χ1n) is 15.7. The molecule has 2 aliphatic heterocycles. The quantitative estimate of drug-likeness (QED) is 0.210. The Hall–Kier alpha value is -1.10. The van der Waals surface area contributed by atoms with E-state index in [1.165, 1.54) is 75.8 Å². The summed E-state index contributed by atoms with van der Waals surface area (Å²) >= 11 is 12.5. The van der Waals surface area contributed by atoms with Crippen LogP contribution in [0.3, 0.4) is 0 Å². The van der Waals surface area contributed by atoms with Gasteiger partial charge in [-0.1, -0.05) is 74.2 Å². The Labute approximate surface area is 248 Å². The van der Waals surface area contributed by atoms with Crippen molar-refractivity contribution in [2.45, 2.75) is 102 Å². The second-order valence-corrected chi connectivity index (χ2v) is 12.5. The zero-order valence-electron chi connectivity index (χ0n) is 24.3. The topological polar surface area (TPSA) is 15.7 Å². The molecule has 2 heterocycles. The van der Waals surface area contributed by atoms with E-state index in [4.69, 9.17) is 27.9 Å². The van der Waals surface area contributed by atoms with Crippen molar-refractivity contribution in [3.05, 3.63) is 69.7 Å². The maximum absolute atomic E-state index is 6.48. The highest BCUT2D eigenvalue weighted by molar-refractivity contribution is 6.30. The second kappa shape index (κ2) is 16.4. The van der Waals surface area contributed by atoms with Crippen molar-refractivity contribution in [2.24, 2.45) is 0 Å². The van der Waals surface area contributed by atoms with Crippen LogP contribution in [-0.4, -0.2) is 61.3 Å². The van der Waals surface area contributed by atoms with Crippen molar-refractivity contribution in [3.8, 4) is 0 Å². The monoisotopic (exact) mass is 572 g/mol. The molecule has 3 nitrogen and oxygen atoms in total. The highest BCUT2D eigenvalue weighted by Crippen LogP contribution is 2.33. The molecule has 0 spiro atoms. The van der Waals surface area contributed by atoms with E-state index in [0.29, 0.717) is 23.9 Å². The number of hydrogen-bond donors (Lipinski definition) is 0. The molecule has 0 aromatic heterocycles. The third kappa shape index (κ3) is 8.94. The predicted molar refractivity (Wildman–Crippen MR) is 167 cm³/mol. The zero-order chi connectivity index (χ0) is 27.5. The van der Waals surface area contributed by atoms with E-state index < -0.39 is 0 Å². The van der Waals surface area contributed by atoms with Gasteiger partial charge in [0, 0.05) is 35.3 Å². The smallest absolute Gasteiger partial charge is 0.0481 e. The largest absolute Gasteiger partial charge is 0.381 e. The third-order valence-electron chi connectivity index (χ3n) is 9.24. The minimum Gasteiger partial charge on any atom is -0.381 e. The fourth-order valence-corrected chi connectivity index (χ4v) is 7.42. The number of nitrogens with zero attached hydrogens (tertiary/aromatic N) is 2. The van der Waals surface area contributed by atoms with Gasteiger partial charge in [0.05, 0.1) is 0 Å². The Bertz CT molecular complexity index is 861. The van der Waals surface area contributed by atoms with Gasteiger partial charge in [-0.05, 0) is 125 Å². The SMILES string of the molecule is CCC(c1ccc(Cl)cc1)C(CCOCCC(C(CC)c1ccc(Cl)cc1)N1CCCCC1)N1CCCCC1. The number of hydrogen-bond acceptors (Lipinski definition) is 3. The maximum atomic E-state index is 6.48. The molecule has 0 amide bonds. The van der Waals surface area contributed by atoms with Crippen LogP contribution in [0.15, 0.2) is 48.5 Å². The van der Waals surface area contributed by atoms with Crippen LogP contribution in [-0.2, 0) is 4.74 Å². The van der Waals surface area contributed by atoms with Crippen molar-refractivity contribution in [3.63, 3.8) is 0 Å². The second-order valence-electron chi connectivity index (χ2n) is 11.7. The van der Waals surface area contributed by atoms with E-state index in [0.717, 1.165) is 48.9 Å². The van der Waals surface area contributed by atoms with Gasteiger partial charge in [-0.15, -0.1) is 0 Å². The van der Waals surface area contributed by atoms with Gasteiger partial charge in [0.15, 0.2) is 0 Å². The molecule has 0 radical (unpaired) electrons. The molecule has 2 fully saturated rings. The van der Waals surface area contributed by atoms with Crippen molar-refractivity contribution in [1.29, 1.82) is 0 Å². The van der Waals surface area contributed by atoms with E-state index in [2.05, 4.69) is 72.2 Å². The van der Waals surface area contributed by atoms with E-state index in [1.54, 1.807) is 0 Å². The van der Waals surface area contributed by atoms with E-state index in [9.17, 15) is 0 Å². The molecular weight excluding hydrogens is 523 g/mol. The first-order valence-corrected chi connectivity index (χ1v) is 16.4. The predicted octanol–water partition coefficient (Wildman–Crippen LogP) is 9.19. The first-order chi connectivity index (χ1) is 19.1. The number of rotatable bonds is 14. The Morgan fingerprint density at radius 1 is 0.590 bits per heavy atom. The van der Waals surface area contributed by atoms with E-state index >= 15 is 0 Å². The average molecular weight is 574 g/mol. The first kappa shape index (κ1) is 30.8. The van der Waals surface area contributed by atoms with Crippen LogP contribution >= 0.6 is 23.2 Å². The summed E-state index contributed by atoms with van der Waals surface area (Å²) in [5.74, 6) is 1.03. The molecule has 0 N–H and O–H groups in total. The minimum absolute atomic E-state index is 0.513.